The summed E-state index contributed by atoms with van der Waals surface area (Å²) < 4.78 is 24.9. The molecule has 19 nitrogen and oxygen atoms in total. The van der Waals surface area contributed by atoms with Crippen molar-refractivity contribution in [2.45, 2.75) is 65.6 Å². The summed E-state index contributed by atoms with van der Waals surface area (Å²) >= 11 is 0. The fourth-order valence-corrected chi connectivity index (χ4v) is 3.06. The molecule has 19 heteroatoms. The van der Waals surface area contributed by atoms with Gasteiger partial charge in [0.1, 0.15) is 5.78 Å². The Hall–Kier alpha value is -10.2. The van der Waals surface area contributed by atoms with E-state index in [1.807, 2.05) is 50.0 Å². The standard InChI is InChI=1S/C8H8.C6H8O4.C6H6O4.C6H8O2.C6H8.C5H8O2.C5H6.C5H8.C4H2O3.C4H8O.C4H6.C3H3N.CO2/c1-7-5-3-4-6-8(7)2;2*1-9-5(7)3-4-6(8)10-2;7-5-1-2-6(8)4-3-5;1-2-4-6-5-3-1;1-3-4-5(6)7-2;1-2-4-5-3-1;1-4-5(2)3;5-3-1-2-4(6)7-3;1-3-4(2)5;1-3-4-2;1-2-3-4;2-1-3/h3-6H,1-2H2;3-4H,1-2H3;1-2H3;1-8H;1-4H,5-6H2;3-4H,1-2H3;1-4H,5H2;4H,1-2H2,3H3;1-2H;3H2,1-2H3;3-4H,1-2H2;2H,1H2;/b;4-3-;;;;4-3+;;;;;;;. The summed E-state index contributed by atoms with van der Waals surface area (Å²) in [6.07, 6.45) is 39.9. The molecule has 0 saturated heterocycles. The topological polar surface area (TPSA) is 290 Å². The van der Waals surface area contributed by atoms with E-state index in [1.165, 1.54) is 60.5 Å². The van der Waals surface area contributed by atoms with Crippen molar-refractivity contribution in [3.8, 4) is 17.9 Å². The number of Topliss-reactive ketones (excluding diaryl/α,β-unsaturated/α-hetero) is 1. The lowest BCUT2D eigenvalue weighted by Crippen LogP contribution is -2.19. The molecule has 1 heterocycles. The van der Waals surface area contributed by atoms with Gasteiger partial charge in [-0.25, -0.2) is 33.6 Å². The summed E-state index contributed by atoms with van der Waals surface area (Å²) in [6, 6.07) is 9.50. The zero-order chi connectivity index (χ0) is 64.8. The number of rotatable bonds is 6. The van der Waals surface area contributed by atoms with Crippen LogP contribution >= 0.6 is 0 Å². The minimum atomic E-state index is -0.759. The van der Waals surface area contributed by atoms with E-state index < -0.39 is 48.0 Å². The Bertz CT molecular complexity index is 2440. The second-order valence-corrected chi connectivity index (χ2v) is 13.7. The number of nitriles is 1. The van der Waals surface area contributed by atoms with Crippen LogP contribution in [-0.2, 0) is 76.4 Å². The van der Waals surface area contributed by atoms with Gasteiger partial charge in [0.25, 0.3) is 0 Å². The van der Waals surface area contributed by atoms with Crippen molar-refractivity contribution in [2.24, 2.45) is 0 Å². The van der Waals surface area contributed by atoms with Crippen molar-refractivity contribution in [1.29, 1.82) is 5.26 Å². The highest BCUT2D eigenvalue weighted by molar-refractivity contribution is 6.05. The normalized spacial score (nSPS) is 12.5. The predicted molar refractivity (Wildman–Crippen MR) is 317 cm³/mol. The summed E-state index contributed by atoms with van der Waals surface area (Å²) in [5.41, 5.74) is 1.02. The van der Waals surface area contributed by atoms with E-state index in [2.05, 4.69) is 123 Å². The number of carbonyl (C=O) groups is 8. The highest BCUT2D eigenvalue weighted by atomic mass is 16.6. The third-order valence-corrected chi connectivity index (χ3v) is 7.23. The number of benzene rings is 1. The Morgan fingerprint density at radius 2 is 0.951 bits per heavy atom. The maximum atomic E-state index is 10.3. The Morgan fingerprint density at radius 1 is 0.646 bits per heavy atom. The zero-order valence-corrected chi connectivity index (χ0v) is 48.3. The summed E-state index contributed by atoms with van der Waals surface area (Å²) in [5.74, 6) is -0.0858. The van der Waals surface area contributed by atoms with E-state index in [0.29, 0.717) is 6.42 Å². The Morgan fingerprint density at radius 3 is 1.10 bits per heavy atom. The highest BCUT2D eigenvalue weighted by Gasteiger charge is 2.10. The molecule has 0 aromatic heterocycles. The van der Waals surface area contributed by atoms with Crippen LogP contribution in [0.25, 0.3) is 13.2 Å². The molecule has 0 saturated carbocycles. The largest absolute Gasteiger partial charge is 0.466 e. The maximum Gasteiger partial charge on any atom is 0.384 e. The summed E-state index contributed by atoms with van der Waals surface area (Å²) in [5, 5.41) is 27.0. The van der Waals surface area contributed by atoms with Gasteiger partial charge < -0.3 is 43.4 Å². The van der Waals surface area contributed by atoms with E-state index >= 15 is 0 Å². The number of cyclic esters (lactones) is 2. The number of carbonyl (C=O) groups excluding carboxylic acids is 10. The lowest BCUT2D eigenvalue weighted by molar-refractivity contribution is -0.192. The van der Waals surface area contributed by atoms with Crippen molar-refractivity contribution in [2.75, 3.05) is 35.5 Å². The third-order valence-electron chi connectivity index (χ3n) is 7.23. The summed E-state index contributed by atoms with van der Waals surface area (Å²) in [6.45, 7) is 31.5. The first kappa shape index (κ1) is 88.4. The second kappa shape index (κ2) is 72.9. The van der Waals surface area contributed by atoms with Crippen LogP contribution < -0.4 is 10.4 Å². The van der Waals surface area contributed by atoms with Crippen molar-refractivity contribution in [3.05, 3.63) is 207 Å². The number of hydrogen-bond donors (Lipinski definition) is 2. The monoisotopic (exact) mass is 1140 g/mol. The van der Waals surface area contributed by atoms with E-state index in [0.717, 1.165) is 46.7 Å². The van der Waals surface area contributed by atoms with Crippen LogP contribution in [0.15, 0.2) is 196 Å². The van der Waals surface area contributed by atoms with Crippen LogP contribution in [0.1, 0.15) is 53.4 Å². The van der Waals surface area contributed by atoms with Gasteiger partial charge in [-0.3, -0.25) is 0 Å². The third kappa shape index (κ3) is 92.4. The lowest BCUT2D eigenvalue weighted by Gasteiger charge is -2.05. The molecule has 0 bridgehead atoms. The molecule has 2 N–H and O–H groups in total. The number of aliphatic hydroxyl groups excluding tert-OH is 2. The van der Waals surface area contributed by atoms with Gasteiger partial charge in [0.15, 0.2) is 0 Å². The van der Waals surface area contributed by atoms with Gasteiger partial charge in [-0.2, -0.15) is 14.9 Å². The molecular weight excluding hydrogens is 1060 g/mol. The first-order chi connectivity index (χ1) is 38.9. The molecule has 3 aliphatic carbocycles. The first-order valence-corrected chi connectivity index (χ1v) is 23.6. The quantitative estimate of drug-likeness (QED) is 0.0320. The van der Waals surface area contributed by atoms with E-state index in [1.54, 1.807) is 68.5 Å². The molecule has 0 fully saturated rings. The number of ether oxygens (including phenoxy) is 6. The van der Waals surface area contributed by atoms with Crippen molar-refractivity contribution in [3.63, 3.8) is 0 Å². The fraction of sp³-hybridized carbons (Fsp3) is 0.238. The van der Waals surface area contributed by atoms with Crippen LogP contribution in [-0.4, -0.2) is 112 Å². The minimum Gasteiger partial charge on any atom is -0.466 e. The number of allylic oxidation sites excluding steroid dienone is 14. The van der Waals surface area contributed by atoms with Gasteiger partial charge in [0.2, 0.25) is 0 Å². The van der Waals surface area contributed by atoms with Crippen LogP contribution in [0.2, 0.25) is 0 Å². The Kier molecular flexibility index (Phi) is 78.6. The van der Waals surface area contributed by atoms with Crippen molar-refractivity contribution >= 4 is 66.9 Å². The molecule has 1 aliphatic heterocycles. The number of ketones is 1. The smallest absolute Gasteiger partial charge is 0.384 e. The molecule has 4 aliphatic rings. The van der Waals surface area contributed by atoms with Crippen LogP contribution in [0.3, 0.4) is 0 Å². The van der Waals surface area contributed by atoms with Crippen LogP contribution in [0, 0.1) is 23.2 Å². The minimum absolute atomic E-state index is 0.250. The molecule has 1 aromatic carbocycles. The average molecular weight is 1140 g/mol. The Balaban J connectivity index is -0.000000122. The molecule has 5 rings (SSSR count). The number of nitrogens with zero attached hydrogens (tertiary/aromatic N) is 1. The van der Waals surface area contributed by atoms with E-state index in [9.17, 15) is 38.4 Å². The van der Waals surface area contributed by atoms with E-state index in [-0.39, 0.29) is 17.9 Å². The van der Waals surface area contributed by atoms with E-state index in [4.69, 9.17) is 25.1 Å². The fourth-order valence-electron chi connectivity index (χ4n) is 3.06. The molecule has 0 amide bonds. The second-order valence-electron chi connectivity index (χ2n) is 13.7. The number of esters is 7. The Labute approximate surface area is 483 Å². The van der Waals surface area contributed by atoms with Crippen molar-refractivity contribution in [1.82, 2.24) is 0 Å². The summed E-state index contributed by atoms with van der Waals surface area (Å²) in [7, 11) is 6.15. The first-order valence-electron chi connectivity index (χ1n) is 23.6. The van der Waals surface area contributed by atoms with Gasteiger partial charge >= 0.3 is 47.9 Å². The van der Waals surface area contributed by atoms with Crippen molar-refractivity contribution < 1.29 is 86.6 Å². The zero-order valence-electron chi connectivity index (χ0n) is 48.3. The highest BCUT2D eigenvalue weighted by Crippen LogP contribution is 2.01. The SMILES string of the molecule is C/C=C/C(=O)OC.C1=CCC=C1.C1=CCCC=C1.C=CC#N.C=CC(=C)C.C=CC=C.C=c1ccccc1=C.CCC(C)=O.COC(=O)/C=C\C(=O)OC.COC(=O)C#CC(=O)OC.O=C1C=CC(=O)O1.O=C=O.OC1C=CC(O)C=C1. The maximum absolute atomic E-state index is 10.3. The van der Waals surface area contributed by atoms with Crippen LogP contribution in [0.4, 0.5) is 0 Å². The molecule has 0 unspecified atom stereocenters. The number of aliphatic hydroxyl groups is 2. The van der Waals surface area contributed by atoms with Gasteiger partial charge in [-0.1, -0.05) is 180 Å². The number of methoxy groups -OCH3 is 5. The average Bonchev–Trinajstić information content (AvgIpc) is 4.22. The molecule has 444 valence electrons. The van der Waals surface area contributed by atoms with Gasteiger partial charge in [0, 0.05) is 54.7 Å². The van der Waals surface area contributed by atoms with Gasteiger partial charge in [0.05, 0.1) is 53.8 Å². The molecule has 0 atom stereocenters. The lowest BCUT2D eigenvalue weighted by atomic mass is 10.1. The molecule has 0 radical (unpaired) electrons. The van der Waals surface area contributed by atoms with Gasteiger partial charge in [-0.05, 0) is 50.5 Å². The molecular formula is C63H79NO18. The molecule has 1 aromatic rings. The van der Waals surface area contributed by atoms with Gasteiger partial charge in [-0.15, -0.1) is 0 Å². The summed E-state index contributed by atoms with van der Waals surface area (Å²) in [4.78, 5) is 97.1. The van der Waals surface area contributed by atoms with Crippen LogP contribution in [0.5, 0.6) is 0 Å². The molecule has 0 spiro atoms. The predicted octanol–water partition coefficient (Wildman–Crippen LogP) is 7.53. The number of hydrogen-bond acceptors (Lipinski definition) is 19. The molecule has 82 heavy (non-hydrogen) atoms.